The summed E-state index contributed by atoms with van der Waals surface area (Å²) in [5.41, 5.74) is 1.28. The summed E-state index contributed by atoms with van der Waals surface area (Å²) in [6.07, 6.45) is 4.72. The predicted octanol–water partition coefficient (Wildman–Crippen LogP) is 8.16. The maximum Gasteiger partial charge on any atom is 0.147 e. The molecule has 0 saturated carbocycles. The minimum atomic E-state index is -0.230. The van der Waals surface area contributed by atoms with E-state index in [0.717, 1.165) is 16.6 Å². The monoisotopic (exact) mass is 440 g/mol. The third-order valence-corrected chi connectivity index (χ3v) is 5.48. The molecule has 5 heteroatoms. The van der Waals surface area contributed by atoms with Crippen LogP contribution in [0.1, 0.15) is 32.8 Å². The Morgan fingerprint density at radius 3 is 2.13 bits per heavy atom. The van der Waals surface area contributed by atoms with E-state index in [1.807, 2.05) is 12.1 Å². The van der Waals surface area contributed by atoms with Crippen LogP contribution in [0, 0.1) is 22.0 Å². The molecule has 2 aromatic carbocycles. The van der Waals surface area contributed by atoms with Crippen LogP contribution in [0.5, 0.6) is 0 Å². The van der Waals surface area contributed by atoms with Crippen LogP contribution in [0.3, 0.4) is 0 Å². The van der Waals surface area contributed by atoms with Crippen molar-refractivity contribution in [2.45, 2.75) is 40.7 Å². The minimum absolute atomic E-state index is 0.230. The van der Waals surface area contributed by atoms with Crippen molar-refractivity contribution >= 4 is 46.0 Å². The van der Waals surface area contributed by atoms with Gasteiger partial charge in [0.15, 0.2) is 0 Å². The van der Waals surface area contributed by atoms with E-state index in [-0.39, 0.29) is 5.82 Å². The lowest BCUT2D eigenvalue weighted by Crippen LogP contribution is -1.96. The number of pyridine rings is 2. The molecular formula is C25H29FN2S2. The van der Waals surface area contributed by atoms with Gasteiger partial charge in [0.1, 0.15) is 15.1 Å². The number of fused-ring (bicyclic) bond motifs is 2. The highest BCUT2D eigenvalue weighted by atomic mass is 32.1. The second kappa shape index (κ2) is 11.1. The van der Waals surface area contributed by atoms with Crippen molar-refractivity contribution in [1.82, 2.24) is 9.13 Å². The highest BCUT2D eigenvalue weighted by Crippen LogP contribution is 2.18. The van der Waals surface area contributed by atoms with Gasteiger partial charge in [0.05, 0.1) is 0 Å². The molecule has 0 amide bonds. The highest BCUT2D eigenvalue weighted by Gasteiger charge is 2.02. The van der Waals surface area contributed by atoms with Crippen LogP contribution < -0.4 is 0 Å². The van der Waals surface area contributed by atoms with Gasteiger partial charge in [-0.25, -0.2) is 4.39 Å². The molecule has 158 valence electrons. The molecule has 0 aliphatic carbocycles. The molecule has 0 saturated heterocycles. The first kappa shape index (κ1) is 23.9. The molecule has 4 rings (SSSR count). The second-order valence-corrected chi connectivity index (χ2v) is 7.92. The molecule has 0 bridgehead atoms. The fourth-order valence-electron chi connectivity index (χ4n) is 3.02. The van der Waals surface area contributed by atoms with Gasteiger partial charge in [0.25, 0.3) is 0 Å². The molecular weight excluding hydrogens is 411 g/mol. The topological polar surface area (TPSA) is 9.86 Å². The average Bonchev–Trinajstić information content (AvgIpc) is 2.73. The van der Waals surface area contributed by atoms with Crippen molar-refractivity contribution < 1.29 is 4.39 Å². The molecule has 2 aromatic heterocycles. The van der Waals surface area contributed by atoms with E-state index < -0.39 is 0 Å². The Hall–Kier alpha value is -2.37. The quantitative estimate of drug-likeness (QED) is 0.276. The molecule has 0 fully saturated rings. The first-order valence-electron chi connectivity index (χ1n) is 10.2. The summed E-state index contributed by atoms with van der Waals surface area (Å²) in [4.78, 5) is 0. The van der Waals surface area contributed by atoms with Gasteiger partial charge in [-0.05, 0) is 25.3 Å². The van der Waals surface area contributed by atoms with Gasteiger partial charge in [0.2, 0.25) is 0 Å². The zero-order valence-electron chi connectivity index (χ0n) is 18.3. The number of aryl methyl sites for hydroxylation is 3. The fraction of sp³-hybridized carbons (Fsp3) is 0.280. The molecule has 0 atom stereocenters. The molecule has 0 aliphatic rings. The summed E-state index contributed by atoms with van der Waals surface area (Å²) in [6.45, 7) is 9.39. The summed E-state index contributed by atoms with van der Waals surface area (Å²) >= 11 is 10.5. The Labute approximate surface area is 188 Å². The smallest absolute Gasteiger partial charge is 0.147 e. The zero-order valence-corrected chi connectivity index (χ0v) is 19.9. The number of nitrogens with zero attached hydrogens (tertiary/aromatic N) is 2. The van der Waals surface area contributed by atoms with Gasteiger partial charge in [-0.15, -0.1) is 0 Å². The number of hydrogen-bond acceptors (Lipinski definition) is 2. The molecule has 0 unspecified atom stereocenters. The summed E-state index contributed by atoms with van der Waals surface area (Å²) < 4.78 is 18.7. The number of halogens is 1. The van der Waals surface area contributed by atoms with Crippen LogP contribution >= 0.6 is 24.4 Å². The normalized spacial score (nSPS) is 10.2. The van der Waals surface area contributed by atoms with Gasteiger partial charge in [-0.3, -0.25) is 0 Å². The van der Waals surface area contributed by atoms with E-state index >= 15 is 0 Å². The molecule has 30 heavy (non-hydrogen) atoms. The van der Waals surface area contributed by atoms with E-state index in [1.165, 1.54) is 29.0 Å². The molecule has 4 aromatic rings. The van der Waals surface area contributed by atoms with Crippen LogP contribution in [-0.2, 0) is 13.6 Å². The Morgan fingerprint density at radius 2 is 1.50 bits per heavy atom. The highest BCUT2D eigenvalue weighted by molar-refractivity contribution is 7.71. The van der Waals surface area contributed by atoms with Crippen LogP contribution in [0.2, 0.25) is 0 Å². The summed E-state index contributed by atoms with van der Waals surface area (Å²) in [7, 11) is 1.75. The van der Waals surface area contributed by atoms with E-state index in [4.69, 9.17) is 24.4 Å². The van der Waals surface area contributed by atoms with Crippen LogP contribution in [0.15, 0.2) is 60.9 Å². The third-order valence-electron chi connectivity index (χ3n) is 4.52. The standard InChI is InChI=1S/C12H13NS.C10H8FNS.C3H8/c1-3-13-7-6-10-8-9(2)4-5-11(10)12(13)14;1-12-6-9(11)7-4-2-3-5-8(7)10(12)13;1-3-2/h4-8H,3H2,1-2H3;2-6H,1H3;3H2,1-2H3. The number of hydrogen-bond donors (Lipinski definition) is 0. The lowest BCUT2D eigenvalue weighted by Gasteiger charge is -2.06. The van der Waals surface area contributed by atoms with E-state index in [0.29, 0.717) is 10.0 Å². The van der Waals surface area contributed by atoms with E-state index in [9.17, 15) is 4.39 Å². The third kappa shape index (κ3) is 5.61. The Bertz CT molecular complexity index is 1260. The van der Waals surface area contributed by atoms with E-state index in [1.54, 1.807) is 23.7 Å². The lowest BCUT2D eigenvalue weighted by atomic mass is 10.1. The van der Waals surface area contributed by atoms with Crippen LogP contribution in [0.25, 0.3) is 21.5 Å². The SMILES string of the molecule is CCC.CCn1ccc2cc(C)ccc2c1=S.Cn1cc(F)c2ccccc2c1=S. The molecule has 0 aliphatic heterocycles. The van der Waals surface area contributed by atoms with Gasteiger partial charge in [-0.1, -0.05) is 92.7 Å². The molecule has 2 heterocycles. The number of rotatable bonds is 1. The number of benzene rings is 2. The molecule has 0 spiro atoms. The molecule has 0 radical (unpaired) electrons. The first-order valence-corrected chi connectivity index (χ1v) is 11.0. The van der Waals surface area contributed by atoms with E-state index in [2.05, 4.69) is 62.7 Å². The molecule has 0 N–H and O–H groups in total. The van der Waals surface area contributed by atoms with Crippen LogP contribution in [0.4, 0.5) is 4.39 Å². The zero-order chi connectivity index (χ0) is 22.3. The Kier molecular flexibility index (Phi) is 8.88. The first-order chi connectivity index (χ1) is 14.3. The van der Waals surface area contributed by atoms with Crippen LogP contribution in [-0.4, -0.2) is 9.13 Å². The summed E-state index contributed by atoms with van der Waals surface area (Å²) in [5, 5.41) is 3.79. The van der Waals surface area contributed by atoms with Crippen molar-refractivity contribution in [3.05, 3.63) is 81.6 Å². The molecule has 2 nitrogen and oxygen atoms in total. The van der Waals surface area contributed by atoms with Crippen molar-refractivity contribution in [1.29, 1.82) is 0 Å². The Balaban J connectivity index is 0.000000190. The fourth-order valence-corrected chi connectivity index (χ4v) is 3.63. The van der Waals surface area contributed by atoms with Crippen molar-refractivity contribution in [2.75, 3.05) is 0 Å². The summed E-state index contributed by atoms with van der Waals surface area (Å²) in [5.74, 6) is -0.230. The maximum absolute atomic E-state index is 13.4. The predicted molar refractivity (Wildman–Crippen MR) is 133 cm³/mol. The summed E-state index contributed by atoms with van der Waals surface area (Å²) in [6, 6.07) is 15.8. The largest absolute Gasteiger partial charge is 0.339 e. The van der Waals surface area contributed by atoms with Gasteiger partial charge < -0.3 is 9.13 Å². The Morgan fingerprint density at radius 1 is 0.867 bits per heavy atom. The maximum atomic E-state index is 13.4. The second-order valence-electron chi connectivity index (χ2n) is 7.14. The van der Waals surface area contributed by atoms with Crippen molar-refractivity contribution in [3.63, 3.8) is 0 Å². The average molecular weight is 441 g/mol. The van der Waals surface area contributed by atoms with Gasteiger partial charge >= 0.3 is 0 Å². The minimum Gasteiger partial charge on any atom is -0.339 e. The van der Waals surface area contributed by atoms with Gasteiger partial charge in [0, 0.05) is 42.1 Å². The van der Waals surface area contributed by atoms with Crippen molar-refractivity contribution in [2.24, 2.45) is 7.05 Å². The van der Waals surface area contributed by atoms with Gasteiger partial charge in [-0.2, -0.15) is 0 Å². The van der Waals surface area contributed by atoms with Crippen molar-refractivity contribution in [3.8, 4) is 0 Å². The number of aromatic nitrogens is 2. The lowest BCUT2D eigenvalue weighted by molar-refractivity contribution is 0.621.